The monoisotopic (exact) mass is 659 g/mol. The highest BCUT2D eigenvalue weighted by molar-refractivity contribution is 7.26. The molecule has 0 unspecified atom stereocenters. The van der Waals surface area contributed by atoms with Crippen LogP contribution in [0.3, 0.4) is 0 Å². The van der Waals surface area contributed by atoms with Gasteiger partial charge in [-0.3, -0.25) is 0 Å². The summed E-state index contributed by atoms with van der Waals surface area (Å²) in [4.78, 5) is 2.43. The molecular weight excluding hydrogens is 631 g/mol. The molecule has 0 bridgehead atoms. The summed E-state index contributed by atoms with van der Waals surface area (Å²) in [6.45, 7) is 0. The number of hydrogen-bond acceptors (Lipinski definition) is 3. The van der Waals surface area contributed by atoms with Crippen molar-refractivity contribution < 1.29 is 0 Å². The minimum absolute atomic E-state index is 1.13. The number of hydrogen-bond donors (Lipinski definition) is 0. The van der Waals surface area contributed by atoms with Gasteiger partial charge in [-0.15, -0.1) is 22.7 Å². The minimum Gasteiger partial charge on any atom is -0.309 e. The van der Waals surface area contributed by atoms with Crippen molar-refractivity contribution in [2.75, 3.05) is 4.90 Å². The van der Waals surface area contributed by atoms with Gasteiger partial charge >= 0.3 is 0 Å². The van der Waals surface area contributed by atoms with Crippen LogP contribution in [0.4, 0.5) is 17.1 Å². The molecule has 0 aliphatic carbocycles. The molecule has 0 aliphatic rings. The highest BCUT2D eigenvalue weighted by atomic mass is 32.1. The van der Waals surface area contributed by atoms with Crippen molar-refractivity contribution in [2.45, 2.75) is 0 Å². The third kappa shape index (κ3) is 4.82. The zero-order chi connectivity index (χ0) is 32.3. The molecule has 1 nitrogen and oxygen atoms in total. The van der Waals surface area contributed by atoms with Gasteiger partial charge in [0.05, 0.1) is 10.4 Å². The fourth-order valence-corrected chi connectivity index (χ4v) is 9.59. The maximum Gasteiger partial charge on any atom is 0.0640 e. The lowest BCUT2D eigenvalue weighted by atomic mass is 10.00. The van der Waals surface area contributed by atoms with Crippen LogP contribution in [-0.2, 0) is 0 Å². The van der Waals surface area contributed by atoms with E-state index < -0.39 is 0 Å². The molecule has 10 rings (SSSR count). The minimum atomic E-state index is 1.13. The maximum absolute atomic E-state index is 2.43. The average molecular weight is 660 g/mol. The van der Waals surface area contributed by atoms with Crippen LogP contribution >= 0.6 is 22.7 Å². The largest absolute Gasteiger partial charge is 0.309 e. The molecule has 2 heterocycles. The molecule has 49 heavy (non-hydrogen) atoms. The first-order chi connectivity index (χ1) is 24.3. The lowest BCUT2D eigenvalue weighted by Crippen LogP contribution is -2.10. The van der Waals surface area contributed by atoms with Crippen LogP contribution in [0.25, 0.3) is 73.4 Å². The molecule has 10 aromatic rings. The second kappa shape index (κ2) is 11.5. The van der Waals surface area contributed by atoms with Crippen molar-refractivity contribution >= 4 is 90.9 Å². The number of benzene rings is 8. The van der Waals surface area contributed by atoms with Gasteiger partial charge < -0.3 is 4.90 Å². The van der Waals surface area contributed by atoms with E-state index in [9.17, 15) is 0 Å². The Labute approximate surface area is 292 Å². The maximum atomic E-state index is 2.43. The summed E-state index contributed by atoms with van der Waals surface area (Å²) < 4.78 is 5.26. The third-order valence-electron chi connectivity index (χ3n) is 9.65. The van der Waals surface area contributed by atoms with Gasteiger partial charge in [-0.05, 0) is 87.6 Å². The molecule has 0 radical (unpaired) electrons. The third-order valence-corrected chi connectivity index (χ3v) is 12.0. The molecule has 0 atom stereocenters. The molecule has 8 aromatic carbocycles. The Kier molecular flexibility index (Phi) is 6.61. The molecule has 0 fully saturated rings. The van der Waals surface area contributed by atoms with Crippen molar-refractivity contribution in [1.29, 1.82) is 0 Å². The molecule has 0 aliphatic heterocycles. The Bertz CT molecular complexity index is 2840. The van der Waals surface area contributed by atoms with E-state index in [-0.39, 0.29) is 0 Å². The standard InChI is InChI=1S/C46H29NS2/c1-2-10-32-27-34(20-19-30(32)9-1)33-11-7-12-37(28-33)47(42-16-8-15-41-39-14-4-6-18-44(39)49-46(41)42)36-24-21-31(22-25-36)35-23-26-40-38-13-3-5-17-43(38)48-45(40)29-35/h1-29H. The smallest absolute Gasteiger partial charge is 0.0640 e. The molecule has 0 N–H and O–H groups in total. The van der Waals surface area contributed by atoms with Crippen LogP contribution in [-0.4, -0.2) is 0 Å². The van der Waals surface area contributed by atoms with Crippen LogP contribution in [0, 0.1) is 0 Å². The summed E-state index contributed by atoms with van der Waals surface area (Å²) in [5.74, 6) is 0. The number of rotatable bonds is 5. The van der Waals surface area contributed by atoms with E-state index in [0.29, 0.717) is 0 Å². The van der Waals surface area contributed by atoms with Crippen LogP contribution < -0.4 is 4.90 Å². The van der Waals surface area contributed by atoms with Gasteiger partial charge in [-0.25, -0.2) is 0 Å². The van der Waals surface area contributed by atoms with Gasteiger partial charge in [-0.1, -0.05) is 121 Å². The van der Waals surface area contributed by atoms with Gasteiger partial charge in [0.2, 0.25) is 0 Å². The lowest BCUT2D eigenvalue weighted by molar-refractivity contribution is 1.30. The van der Waals surface area contributed by atoms with Gasteiger partial charge in [0.15, 0.2) is 0 Å². The summed E-state index contributed by atoms with van der Waals surface area (Å²) >= 11 is 3.74. The number of fused-ring (bicyclic) bond motifs is 7. The predicted molar refractivity (Wildman–Crippen MR) is 215 cm³/mol. The fraction of sp³-hybridized carbons (Fsp3) is 0. The highest BCUT2D eigenvalue weighted by Gasteiger charge is 2.19. The second-order valence-electron chi connectivity index (χ2n) is 12.6. The van der Waals surface area contributed by atoms with E-state index in [4.69, 9.17) is 0 Å². The predicted octanol–water partition coefficient (Wildman–Crippen LogP) is 14.4. The van der Waals surface area contributed by atoms with Crippen molar-refractivity contribution in [3.63, 3.8) is 0 Å². The van der Waals surface area contributed by atoms with Crippen molar-refractivity contribution in [3.05, 3.63) is 176 Å². The first-order valence-electron chi connectivity index (χ1n) is 16.6. The molecule has 0 amide bonds. The van der Waals surface area contributed by atoms with Crippen molar-refractivity contribution in [3.8, 4) is 22.3 Å². The molecule has 3 heteroatoms. The van der Waals surface area contributed by atoms with Crippen LogP contribution in [0.1, 0.15) is 0 Å². The average Bonchev–Trinajstić information content (AvgIpc) is 3.74. The number of thiophene rings is 2. The van der Waals surface area contributed by atoms with Gasteiger partial charge in [0.25, 0.3) is 0 Å². The zero-order valence-corrected chi connectivity index (χ0v) is 28.1. The Morgan fingerprint density at radius 1 is 0.327 bits per heavy atom. The Morgan fingerprint density at radius 3 is 1.80 bits per heavy atom. The molecule has 2 aromatic heterocycles. The van der Waals surface area contributed by atoms with E-state index in [1.807, 2.05) is 22.7 Å². The number of nitrogens with zero attached hydrogens (tertiary/aromatic N) is 1. The first kappa shape index (κ1) is 28.3. The highest BCUT2D eigenvalue weighted by Crippen LogP contribution is 2.46. The lowest BCUT2D eigenvalue weighted by Gasteiger charge is -2.27. The van der Waals surface area contributed by atoms with E-state index in [1.54, 1.807) is 0 Å². The van der Waals surface area contributed by atoms with E-state index >= 15 is 0 Å². The van der Waals surface area contributed by atoms with Crippen molar-refractivity contribution in [1.82, 2.24) is 0 Å². The van der Waals surface area contributed by atoms with Gasteiger partial charge in [0.1, 0.15) is 0 Å². The molecule has 0 saturated carbocycles. The Morgan fingerprint density at radius 2 is 0.939 bits per heavy atom. The second-order valence-corrected chi connectivity index (χ2v) is 14.7. The molecule has 0 saturated heterocycles. The zero-order valence-electron chi connectivity index (χ0n) is 26.5. The summed E-state index contributed by atoms with van der Waals surface area (Å²) in [5.41, 5.74) is 8.32. The Balaban J connectivity index is 1.12. The summed E-state index contributed by atoms with van der Waals surface area (Å²) in [6.07, 6.45) is 0. The van der Waals surface area contributed by atoms with Crippen LogP contribution in [0.5, 0.6) is 0 Å². The SMILES string of the molecule is c1cc(-c2ccc3ccccc3c2)cc(N(c2ccc(-c3ccc4c(c3)sc3ccccc34)cc2)c2cccc3c2sc2ccccc23)c1. The van der Waals surface area contributed by atoms with E-state index in [0.717, 1.165) is 11.4 Å². The number of anilines is 3. The Hall–Kier alpha value is -5.74. The van der Waals surface area contributed by atoms with Crippen LogP contribution in [0.2, 0.25) is 0 Å². The molecule has 230 valence electrons. The topological polar surface area (TPSA) is 3.24 Å². The van der Waals surface area contributed by atoms with Gasteiger partial charge in [0, 0.05) is 47.0 Å². The summed E-state index contributed by atoms with van der Waals surface area (Å²) in [5, 5.41) is 7.77. The molecular formula is C46H29NS2. The van der Waals surface area contributed by atoms with E-state index in [1.165, 1.54) is 79.1 Å². The fourth-order valence-electron chi connectivity index (χ4n) is 7.24. The van der Waals surface area contributed by atoms with Crippen LogP contribution in [0.15, 0.2) is 176 Å². The van der Waals surface area contributed by atoms with Crippen molar-refractivity contribution in [2.24, 2.45) is 0 Å². The first-order valence-corrected chi connectivity index (χ1v) is 18.2. The molecule has 0 spiro atoms. The normalized spacial score (nSPS) is 11.7. The summed E-state index contributed by atoms with van der Waals surface area (Å²) in [6, 6.07) is 64.5. The summed E-state index contributed by atoms with van der Waals surface area (Å²) in [7, 11) is 0. The quantitative estimate of drug-likeness (QED) is 0.178. The van der Waals surface area contributed by atoms with Gasteiger partial charge in [-0.2, -0.15) is 0 Å². The van der Waals surface area contributed by atoms with E-state index in [2.05, 4.69) is 181 Å².